The number of carbonyl (C=O) groups excluding carboxylic acids is 2. The van der Waals surface area contributed by atoms with Crippen LogP contribution in [0.5, 0.6) is 5.75 Å². The minimum Gasteiger partial charge on any atom is -0.489 e. The van der Waals surface area contributed by atoms with Crippen molar-refractivity contribution in [3.8, 4) is 5.75 Å². The molecular formula is C24H25NO3. The summed E-state index contributed by atoms with van der Waals surface area (Å²) in [5.41, 5.74) is 3.59. The number of hydrogen-bond donors (Lipinski definition) is 1. The Labute approximate surface area is 165 Å². The number of rotatable bonds is 4. The van der Waals surface area contributed by atoms with Gasteiger partial charge < -0.3 is 10.1 Å². The molecule has 0 radical (unpaired) electrons. The van der Waals surface area contributed by atoms with Crippen LogP contribution in [0.15, 0.2) is 65.9 Å². The van der Waals surface area contributed by atoms with Crippen LogP contribution in [0.3, 0.4) is 0 Å². The van der Waals surface area contributed by atoms with Crippen LogP contribution in [0.1, 0.15) is 50.2 Å². The summed E-state index contributed by atoms with van der Waals surface area (Å²) >= 11 is 0. The molecule has 1 aliphatic carbocycles. The summed E-state index contributed by atoms with van der Waals surface area (Å²) in [7, 11) is 0. The largest absolute Gasteiger partial charge is 0.489 e. The van der Waals surface area contributed by atoms with Crippen LogP contribution < -0.4 is 10.1 Å². The van der Waals surface area contributed by atoms with Crippen molar-refractivity contribution >= 4 is 11.7 Å². The second-order valence-corrected chi connectivity index (χ2v) is 8.48. The Bertz CT molecular complexity index is 926. The predicted molar refractivity (Wildman–Crippen MR) is 108 cm³/mol. The number of nitrogens with one attached hydrogen (secondary N) is 1. The van der Waals surface area contributed by atoms with Gasteiger partial charge in [0.25, 0.3) is 0 Å². The van der Waals surface area contributed by atoms with Crippen molar-refractivity contribution in [2.75, 3.05) is 0 Å². The summed E-state index contributed by atoms with van der Waals surface area (Å²) in [6.07, 6.45) is 1.57. The highest BCUT2D eigenvalue weighted by Gasteiger charge is 2.40. The first-order valence-corrected chi connectivity index (χ1v) is 9.74. The summed E-state index contributed by atoms with van der Waals surface area (Å²) in [5, 5.41) is 2.95. The third-order valence-electron chi connectivity index (χ3n) is 5.48. The molecule has 1 amide bonds. The average Bonchev–Trinajstić information content (AvgIpc) is 2.65. The lowest BCUT2D eigenvalue weighted by atomic mass is 9.70. The van der Waals surface area contributed by atoms with Gasteiger partial charge in [0.1, 0.15) is 12.4 Å². The van der Waals surface area contributed by atoms with Crippen molar-refractivity contribution in [3.05, 3.63) is 77.0 Å². The quantitative estimate of drug-likeness (QED) is 0.855. The summed E-state index contributed by atoms with van der Waals surface area (Å²) < 4.78 is 5.85. The number of allylic oxidation sites excluding steroid dienone is 2. The van der Waals surface area contributed by atoms with Gasteiger partial charge in [-0.1, -0.05) is 56.3 Å². The molecular weight excluding hydrogens is 350 g/mol. The summed E-state index contributed by atoms with van der Waals surface area (Å²) in [4.78, 5) is 25.1. The number of hydrogen-bond acceptors (Lipinski definition) is 3. The van der Waals surface area contributed by atoms with Crippen molar-refractivity contribution in [3.63, 3.8) is 0 Å². The number of Topliss-reactive ketones (excluding diaryl/α,β-unsaturated/α-hetero) is 1. The van der Waals surface area contributed by atoms with E-state index in [1.165, 1.54) is 0 Å². The van der Waals surface area contributed by atoms with E-state index < -0.39 is 0 Å². The third kappa shape index (κ3) is 3.86. The molecule has 28 heavy (non-hydrogen) atoms. The van der Waals surface area contributed by atoms with Crippen molar-refractivity contribution in [2.24, 2.45) is 5.41 Å². The van der Waals surface area contributed by atoms with E-state index in [-0.39, 0.29) is 23.0 Å². The molecule has 4 heteroatoms. The van der Waals surface area contributed by atoms with Crippen LogP contribution in [-0.4, -0.2) is 11.7 Å². The smallest absolute Gasteiger partial charge is 0.225 e. The van der Waals surface area contributed by atoms with Gasteiger partial charge >= 0.3 is 0 Å². The molecule has 0 spiro atoms. The molecule has 0 saturated heterocycles. The molecule has 2 aromatic carbocycles. The van der Waals surface area contributed by atoms with Crippen molar-refractivity contribution in [1.82, 2.24) is 5.32 Å². The topological polar surface area (TPSA) is 55.4 Å². The Balaban J connectivity index is 1.54. The lowest BCUT2D eigenvalue weighted by molar-refractivity contribution is -0.122. The highest BCUT2D eigenvalue weighted by Crippen LogP contribution is 2.44. The molecule has 1 aliphatic heterocycles. The minimum absolute atomic E-state index is 0.0151. The maximum atomic E-state index is 12.8. The summed E-state index contributed by atoms with van der Waals surface area (Å²) in [5.74, 6) is 0.744. The lowest BCUT2D eigenvalue weighted by Crippen LogP contribution is -2.40. The zero-order valence-electron chi connectivity index (χ0n) is 16.3. The number of benzene rings is 2. The molecule has 1 atom stereocenters. The van der Waals surface area contributed by atoms with E-state index in [1.807, 2.05) is 54.6 Å². The maximum absolute atomic E-state index is 12.8. The van der Waals surface area contributed by atoms with Crippen LogP contribution in [0.25, 0.3) is 0 Å². The van der Waals surface area contributed by atoms with E-state index in [0.29, 0.717) is 19.4 Å². The molecule has 0 aromatic heterocycles. The predicted octanol–water partition coefficient (Wildman–Crippen LogP) is 4.51. The van der Waals surface area contributed by atoms with E-state index in [0.717, 1.165) is 34.6 Å². The maximum Gasteiger partial charge on any atom is 0.225 e. The summed E-state index contributed by atoms with van der Waals surface area (Å²) in [6.45, 7) is 4.65. The Morgan fingerprint density at radius 1 is 1.00 bits per heavy atom. The second kappa shape index (κ2) is 7.27. The standard InChI is InChI=1S/C24H25NO3/c1-24(2)13-20-23(21(26)14-24)19(12-22(27)25-20)17-8-10-18(11-9-17)28-15-16-6-4-3-5-7-16/h3-11,19H,12-15H2,1-2H3,(H,25,27)/t19-/m1/s1. The van der Waals surface area contributed by atoms with Crippen LogP contribution in [-0.2, 0) is 16.2 Å². The SMILES string of the molecule is CC1(C)CC(=O)C2=C(C1)NC(=O)C[C@@H]2c1ccc(OCc2ccccc2)cc1. The van der Waals surface area contributed by atoms with Gasteiger partial charge in [0.05, 0.1) is 0 Å². The normalized spacial score (nSPS) is 21.1. The van der Waals surface area contributed by atoms with Crippen LogP contribution in [0.2, 0.25) is 0 Å². The molecule has 0 saturated carbocycles. The van der Waals surface area contributed by atoms with Gasteiger partial charge in [-0.3, -0.25) is 9.59 Å². The van der Waals surface area contributed by atoms with E-state index >= 15 is 0 Å². The second-order valence-electron chi connectivity index (χ2n) is 8.48. The Hall–Kier alpha value is -2.88. The first kappa shape index (κ1) is 18.5. The van der Waals surface area contributed by atoms with Gasteiger partial charge in [-0.2, -0.15) is 0 Å². The molecule has 1 N–H and O–H groups in total. The van der Waals surface area contributed by atoms with Crippen LogP contribution >= 0.6 is 0 Å². The number of ketones is 1. The third-order valence-corrected chi connectivity index (χ3v) is 5.48. The minimum atomic E-state index is -0.171. The number of ether oxygens (including phenoxy) is 1. The molecule has 144 valence electrons. The average molecular weight is 375 g/mol. The molecule has 0 unspecified atom stereocenters. The number of amides is 1. The molecule has 1 heterocycles. The van der Waals surface area contributed by atoms with E-state index in [1.54, 1.807) is 0 Å². The fourth-order valence-corrected chi connectivity index (χ4v) is 4.18. The fraction of sp³-hybridized carbons (Fsp3) is 0.333. The fourth-order valence-electron chi connectivity index (χ4n) is 4.18. The zero-order chi connectivity index (χ0) is 19.7. The van der Waals surface area contributed by atoms with E-state index in [4.69, 9.17) is 4.74 Å². The Kier molecular flexibility index (Phi) is 4.80. The van der Waals surface area contributed by atoms with Gasteiger partial charge in [0.2, 0.25) is 5.91 Å². The van der Waals surface area contributed by atoms with Crippen LogP contribution in [0.4, 0.5) is 0 Å². The molecule has 2 aliphatic rings. The first-order chi connectivity index (χ1) is 13.4. The lowest BCUT2D eigenvalue weighted by Gasteiger charge is -2.37. The van der Waals surface area contributed by atoms with Gasteiger partial charge in [-0.05, 0) is 35.1 Å². The summed E-state index contributed by atoms with van der Waals surface area (Å²) in [6, 6.07) is 17.8. The van der Waals surface area contributed by atoms with Crippen molar-refractivity contribution in [2.45, 2.75) is 45.6 Å². The first-order valence-electron chi connectivity index (χ1n) is 9.74. The van der Waals surface area contributed by atoms with Gasteiger partial charge in [0.15, 0.2) is 5.78 Å². The van der Waals surface area contributed by atoms with E-state index in [9.17, 15) is 9.59 Å². The van der Waals surface area contributed by atoms with Crippen LogP contribution in [0, 0.1) is 5.41 Å². The molecule has 0 bridgehead atoms. The van der Waals surface area contributed by atoms with Gasteiger partial charge in [-0.15, -0.1) is 0 Å². The Morgan fingerprint density at radius 2 is 1.71 bits per heavy atom. The Morgan fingerprint density at radius 3 is 2.43 bits per heavy atom. The van der Waals surface area contributed by atoms with Gasteiger partial charge in [0, 0.05) is 30.0 Å². The van der Waals surface area contributed by atoms with Crippen molar-refractivity contribution in [1.29, 1.82) is 0 Å². The monoisotopic (exact) mass is 375 g/mol. The molecule has 2 aromatic rings. The molecule has 4 nitrogen and oxygen atoms in total. The highest BCUT2D eigenvalue weighted by atomic mass is 16.5. The highest BCUT2D eigenvalue weighted by molar-refractivity contribution is 6.02. The zero-order valence-corrected chi connectivity index (χ0v) is 16.3. The van der Waals surface area contributed by atoms with Crippen molar-refractivity contribution < 1.29 is 14.3 Å². The van der Waals surface area contributed by atoms with E-state index in [2.05, 4.69) is 19.2 Å². The number of carbonyl (C=O) groups is 2. The molecule has 0 fully saturated rings. The van der Waals surface area contributed by atoms with Gasteiger partial charge in [-0.25, -0.2) is 0 Å². The molecule has 4 rings (SSSR count).